The number of hydrogen-bond donors (Lipinski definition) is 1. The van der Waals surface area contributed by atoms with Crippen molar-refractivity contribution in [3.05, 3.63) is 45.7 Å². The number of ether oxygens (including phenoxy) is 2. The molecule has 1 aromatic heterocycles. The van der Waals surface area contributed by atoms with Crippen molar-refractivity contribution in [2.24, 2.45) is 0 Å². The predicted octanol–water partition coefficient (Wildman–Crippen LogP) is 4.52. The van der Waals surface area contributed by atoms with Gasteiger partial charge in [0.2, 0.25) is 0 Å². The monoisotopic (exact) mass is 370 g/mol. The number of pyridine rings is 1. The smallest absolute Gasteiger partial charge is 0.165 e. The summed E-state index contributed by atoms with van der Waals surface area (Å²) in [5.41, 5.74) is 1.88. The summed E-state index contributed by atoms with van der Waals surface area (Å²) in [6.45, 7) is 3.14. The van der Waals surface area contributed by atoms with Crippen LogP contribution >= 0.6 is 27.5 Å². The van der Waals surface area contributed by atoms with E-state index in [1.54, 1.807) is 13.3 Å². The maximum atomic E-state index is 5.88. The standard InChI is InChI=1S/C15H16BrClN2O2/c1-3-21-13-6-4-5-10(14(13)20-2)8-18-11-7-12(16)15(17)19-9-11/h4-7,9,18H,3,8H2,1-2H3. The van der Waals surface area contributed by atoms with Crippen LogP contribution in [0.2, 0.25) is 5.15 Å². The zero-order valence-electron chi connectivity index (χ0n) is 11.8. The minimum atomic E-state index is 0.441. The van der Waals surface area contributed by atoms with Gasteiger partial charge >= 0.3 is 0 Å². The Morgan fingerprint density at radius 3 is 2.86 bits per heavy atom. The van der Waals surface area contributed by atoms with Gasteiger partial charge in [0.1, 0.15) is 5.15 Å². The number of benzene rings is 1. The third kappa shape index (κ3) is 4.02. The van der Waals surface area contributed by atoms with Crippen LogP contribution in [0.3, 0.4) is 0 Å². The van der Waals surface area contributed by atoms with Crippen LogP contribution in [0.1, 0.15) is 12.5 Å². The van der Waals surface area contributed by atoms with Gasteiger partial charge in [-0.25, -0.2) is 4.98 Å². The van der Waals surface area contributed by atoms with E-state index in [1.165, 1.54) is 0 Å². The van der Waals surface area contributed by atoms with Crippen LogP contribution < -0.4 is 14.8 Å². The first-order valence-electron chi connectivity index (χ1n) is 6.49. The zero-order valence-corrected chi connectivity index (χ0v) is 14.2. The minimum absolute atomic E-state index is 0.441. The zero-order chi connectivity index (χ0) is 15.2. The number of aromatic nitrogens is 1. The van der Waals surface area contributed by atoms with Crippen molar-refractivity contribution in [1.29, 1.82) is 0 Å². The largest absolute Gasteiger partial charge is 0.493 e. The Kier molecular flexibility index (Phi) is 5.70. The van der Waals surface area contributed by atoms with Gasteiger partial charge in [-0.3, -0.25) is 0 Å². The van der Waals surface area contributed by atoms with E-state index < -0.39 is 0 Å². The van der Waals surface area contributed by atoms with Crippen molar-refractivity contribution in [3.63, 3.8) is 0 Å². The number of methoxy groups -OCH3 is 1. The maximum Gasteiger partial charge on any atom is 0.165 e. The number of nitrogens with one attached hydrogen (secondary N) is 1. The van der Waals surface area contributed by atoms with Crippen LogP contribution in [0.5, 0.6) is 11.5 Å². The second-order valence-corrected chi connectivity index (χ2v) is 5.44. The Morgan fingerprint density at radius 1 is 1.38 bits per heavy atom. The highest BCUT2D eigenvalue weighted by atomic mass is 79.9. The fraction of sp³-hybridized carbons (Fsp3) is 0.267. The van der Waals surface area contributed by atoms with Crippen molar-refractivity contribution >= 4 is 33.2 Å². The fourth-order valence-electron chi connectivity index (χ4n) is 1.92. The van der Waals surface area contributed by atoms with Crippen LogP contribution in [0.25, 0.3) is 0 Å². The molecule has 0 aliphatic heterocycles. The summed E-state index contributed by atoms with van der Waals surface area (Å²) < 4.78 is 11.8. The van der Waals surface area contributed by atoms with Gasteiger partial charge in [0.15, 0.2) is 11.5 Å². The molecule has 1 heterocycles. The van der Waals surface area contributed by atoms with Crippen LogP contribution in [-0.4, -0.2) is 18.7 Å². The highest BCUT2D eigenvalue weighted by Gasteiger charge is 2.10. The van der Waals surface area contributed by atoms with E-state index in [2.05, 4.69) is 26.2 Å². The number of nitrogens with zero attached hydrogens (tertiary/aromatic N) is 1. The summed E-state index contributed by atoms with van der Waals surface area (Å²) in [6.07, 6.45) is 1.69. The Morgan fingerprint density at radius 2 is 2.19 bits per heavy atom. The summed E-state index contributed by atoms with van der Waals surface area (Å²) in [5, 5.41) is 3.73. The van der Waals surface area contributed by atoms with Crippen molar-refractivity contribution in [2.75, 3.05) is 19.0 Å². The van der Waals surface area contributed by atoms with Gasteiger partial charge in [0, 0.05) is 12.1 Å². The Hall–Kier alpha value is -1.46. The van der Waals surface area contributed by atoms with Crippen LogP contribution in [0.15, 0.2) is 34.9 Å². The molecule has 21 heavy (non-hydrogen) atoms. The molecule has 0 saturated carbocycles. The average molecular weight is 372 g/mol. The highest BCUT2D eigenvalue weighted by molar-refractivity contribution is 9.10. The van der Waals surface area contributed by atoms with Gasteiger partial charge < -0.3 is 14.8 Å². The first-order valence-corrected chi connectivity index (χ1v) is 7.66. The average Bonchev–Trinajstić information content (AvgIpc) is 2.49. The Bertz CT molecular complexity index is 623. The van der Waals surface area contributed by atoms with E-state index >= 15 is 0 Å². The molecule has 0 fully saturated rings. The maximum absolute atomic E-state index is 5.88. The van der Waals surface area contributed by atoms with Gasteiger partial charge in [0.05, 0.1) is 30.1 Å². The molecule has 0 spiro atoms. The summed E-state index contributed by atoms with van der Waals surface area (Å²) in [7, 11) is 1.64. The summed E-state index contributed by atoms with van der Waals surface area (Å²) in [4.78, 5) is 4.08. The lowest BCUT2D eigenvalue weighted by molar-refractivity contribution is 0.309. The van der Waals surface area contributed by atoms with Gasteiger partial charge in [0.25, 0.3) is 0 Å². The molecule has 2 rings (SSSR count). The molecule has 2 aromatic rings. The van der Waals surface area contributed by atoms with Crippen molar-refractivity contribution in [3.8, 4) is 11.5 Å². The van der Waals surface area contributed by atoms with Crippen LogP contribution in [0, 0.1) is 0 Å². The fourth-order valence-corrected chi connectivity index (χ4v) is 2.37. The minimum Gasteiger partial charge on any atom is -0.493 e. The Labute approximate surface area is 137 Å². The molecule has 4 nitrogen and oxygen atoms in total. The second kappa shape index (κ2) is 7.52. The Balaban J connectivity index is 2.15. The van der Waals surface area contributed by atoms with E-state index in [0.29, 0.717) is 18.3 Å². The third-order valence-electron chi connectivity index (χ3n) is 2.84. The lowest BCUT2D eigenvalue weighted by atomic mass is 10.2. The topological polar surface area (TPSA) is 43.4 Å². The van der Waals surface area contributed by atoms with Crippen LogP contribution in [-0.2, 0) is 6.54 Å². The highest BCUT2D eigenvalue weighted by Crippen LogP contribution is 2.31. The number of para-hydroxylation sites is 1. The van der Waals surface area contributed by atoms with Crippen molar-refractivity contribution in [2.45, 2.75) is 13.5 Å². The summed E-state index contributed by atoms with van der Waals surface area (Å²) in [5.74, 6) is 1.49. The quantitative estimate of drug-likeness (QED) is 0.758. The number of anilines is 1. The molecule has 0 aliphatic rings. The molecule has 0 atom stereocenters. The summed E-state index contributed by atoms with van der Waals surface area (Å²) >= 11 is 9.23. The van der Waals surface area contributed by atoms with E-state index in [9.17, 15) is 0 Å². The molecule has 1 N–H and O–H groups in total. The number of halogens is 2. The number of hydrogen-bond acceptors (Lipinski definition) is 4. The molecule has 1 aromatic carbocycles. The molecular formula is C15H16BrClN2O2. The molecule has 112 valence electrons. The van der Waals surface area contributed by atoms with E-state index in [-0.39, 0.29) is 0 Å². The van der Waals surface area contributed by atoms with Crippen LogP contribution in [0.4, 0.5) is 5.69 Å². The molecule has 6 heteroatoms. The second-order valence-electron chi connectivity index (χ2n) is 4.23. The van der Waals surface area contributed by atoms with Gasteiger partial charge in [-0.15, -0.1) is 0 Å². The van der Waals surface area contributed by atoms with E-state index in [1.807, 2.05) is 31.2 Å². The predicted molar refractivity (Wildman–Crippen MR) is 88.4 cm³/mol. The third-order valence-corrected chi connectivity index (χ3v) is 3.98. The van der Waals surface area contributed by atoms with Gasteiger partial charge in [-0.2, -0.15) is 0 Å². The molecule has 0 unspecified atom stereocenters. The SMILES string of the molecule is CCOc1cccc(CNc2cnc(Cl)c(Br)c2)c1OC. The van der Waals surface area contributed by atoms with E-state index in [4.69, 9.17) is 21.1 Å². The lowest BCUT2D eigenvalue weighted by Crippen LogP contribution is -2.04. The first kappa shape index (κ1) is 15.9. The molecule has 0 amide bonds. The normalized spacial score (nSPS) is 10.3. The first-order chi connectivity index (χ1) is 10.2. The molecule has 0 radical (unpaired) electrons. The molecule has 0 saturated heterocycles. The van der Waals surface area contributed by atoms with Crippen molar-refractivity contribution < 1.29 is 9.47 Å². The summed E-state index contributed by atoms with van der Waals surface area (Å²) in [6, 6.07) is 7.72. The molecular weight excluding hydrogens is 356 g/mol. The van der Waals surface area contributed by atoms with Gasteiger partial charge in [-0.05, 0) is 35.0 Å². The number of rotatable bonds is 6. The molecule has 0 bridgehead atoms. The van der Waals surface area contributed by atoms with Crippen molar-refractivity contribution in [1.82, 2.24) is 4.98 Å². The van der Waals surface area contributed by atoms with E-state index in [0.717, 1.165) is 27.2 Å². The lowest BCUT2D eigenvalue weighted by Gasteiger charge is -2.14. The van der Waals surface area contributed by atoms with Gasteiger partial charge in [-0.1, -0.05) is 23.7 Å². The molecule has 0 aliphatic carbocycles.